The van der Waals surface area contributed by atoms with Crippen LogP contribution in [-0.2, 0) is 19.5 Å². The van der Waals surface area contributed by atoms with Gasteiger partial charge in [-0.1, -0.05) is 23.2 Å². The topological polar surface area (TPSA) is 64.6 Å². The summed E-state index contributed by atoms with van der Waals surface area (Å²) in [5, 5.41) is 0.429. The van der Waals surface area contributed by atoms with Gasteiger partial charge in [-0.25, -0.2) is 13.1 Å². The molecule has 5 nitrogen and oxygen atoms in total. The maximum atomic E-state index is 12.0. The fourth-order valence-electron chi connectivity index (χ4n) is 1.25. The molecule has 0 heterocycles. The molecule has 0 radical (unpaired) electrons. The molecule has 1 aromatic carbocycles. The molecule has 0 aliphatic carbocycles. The van der Waals surface area contributed by atoms with Crippen molar-refractivity contribution in [2.45, 2.75) is 4.90 Å². The van der Waals surface area contributed by atoms with Crippen LogP contribution in [0.2, 0.25) is 10.0 Å². The maximum Gasteiger partial charge on any atom is 0.242 e. The minimum absolute atomic E-state index is 0.0430. The normalized spacial score (nSPS) is 11.7. The average molecular weight is 328 g/mol. The fourth-order valence-corrected chi connectivity index (χ4v) is 3.03. The first kappa shape index (κ1) is 16.7. The van der Waals surface area contributed by atoms with Gasteiger partial charge in [0.05, 0.1) is 24.8 Å². The third kappa shape index (κ3) is 5.64. The standard InChI is InChI=1S/C11H15Cl2NO4S/c1-17-6-7-18-5-4-14-19(15,16)11-8-9(12)2-3-10(11)13/h2-3,8,14H,4-7H2,1H3. The van der Waals surface area contributed by atoms with Crippen molar-refractivity contribution in [2.75, 3.05) is 33.5 Å². The Labute approximate surface area is 122 Å². The van der Waals surface area contributed by atoms with Crippen molar-refractivity contribution in [2.24, 2.45) is 0 Å². The average Bonchev–Trinajstić information content (AvgIpc) is 2.36. The predicted octanol–water partition coefficient (Wildman–Crippen LogP) is 1.93. The lowest BCUT2D eigenvalue weighted by Gasteiger charge is -2.09. The highest BCUT2D eigenvalue weighted by Gasteiger charge is 2.17. The number of halogens is 2. The van der Waals surface area contributed by atoms with E-state index >= 15 is 0 Å². The van der Waals surface area contributed by atoms with E-state index in [1.165, 1.54) is 18.2 Å². The van der Waals surface area contributed by atoms with E-state index in [-0.39, 0.29) is 23.1 Å². The number of hydrogen-bond acceptors (Lipinski definition) is 4. The van der Waals surface area contributed by atoms with Gasteiger partial charge in [0.15, 0.2) is 0 Å². The Hall–Kier alpha value is -0.370. The molecule has 1 aromatic rings. The van der Waals surface area contributed by atoms with Gasteiger partial charge in [0.2, 0.25) is 10.0 Å². The summed E-state index contributed by atoms with van der Waals surface area (Å²) in [5.41, 5.74) is 0. The quantitative estimate of drug-likeness (QED) is 0.741. The van der Waals surface area contributed by atoms with Crippen molar-refractivity contribution in [1.82, 2.24) is 4.72 Å². The molecule has 0 saturated heterocycles. The smallest absolute Gasteiger partial charge is 0.242 e. The van der Waals surface area contributed by atoms with Crippen LogP contribution in [0.3, 0.4) is 0 Å². The fraction of sp³-hybridized carbons (Fsp3) is 0.455. The lowest BCUT2D eigenvalue weighted by Crippen LogP contribution is -2.28. The zero-order chi connectivity index (χ0) is 14.3. The van der Waals surface area contributed by atoms with E-state index < -0.39 is 10.0 Å². The molecule has 0 aromatic heterocycles. The second kappa shape index (κ2) is 8.04. The molecule has 0 aliphatic rings. The first-order valence-electron chi connectivity index (χ1n) is 5.49. The molecule has 0 unspecified atom stereocenters. The second-order valence-corrected chi connectivity index (χ2v) is 6.16. The summed E-state index contributed by atoms with van der Waals surface area (Å²) in [5.74, 6) is 0. The van der Waals surface area contributed by atoms with Crippen LogP contribution in [0.15, 0.2) is 23.1 Å². The molecular formula is C11H15Cl2NO4S. The van der Waals surface area contributed by atoms with Gasteiger partial charge in [0.25, 0.3) is 0 Å². The molecule has 108 valence electrons. The molecule has 0 bridgehead atoms. The minimum Gasteiger partial charge on any atom is -0.382 e. The molecule has 1 N–H and O–H groups in total. The van der Waals surface area contributed by atoms with E-state index in [4.69, 9.17) is 32.7 Å². The third-order valence-corrected chi connectivity index (χ3v) is 4.33. The first-order valence-corrected chi connectivity index (χ1v) is 7.72. The molecule has 0 saturated carbocycles. The van der Waals surface area contributed by atoms with E-state index in [1.54, 1.807) is 7.11 Å². The number of ether oxygens (including phenoxy) is 2. The highest BCUT2D eigenvalue weighted by atomic mass is 35.5. The number of sulfonamides is 1. The summed E-state index contributed by atoms with van der Waals surface area (Å²) < 4.78 is 36.2. The Balaban J connectivity index is 2.54. The van der Waals surface area contributed by atoms with Crippen LogP contribution in [0.1, 0.15) is 0 Å². The van der Waals surface area contributed by atoms with Crippen molar-refractivity contribution in [3.63, 3.8) is 0 Å². The molecule has 0 atom stereocenters. The van der Waals surface area contributed by atoms with Gasteiger partial charge in [-0.15, -0.1) is 0 Å². The number of rotatable bonds is 8. The van der Waals surface area contributed by atoms with E-state index in [0.717, 1.165) is 0 Å². The first-order chi connectivity index (χ1) is 8.97. The Morgan fingerprint density at radius 3 is 2.63 bits per heavy atom. The molecule has 0 amide bonds. The van der Waals surface area contributed by atoms with Crippen LogP contribution in [0, 0.1) is 0 Å². The molecule has 0 aliphatic heterocycles. The third-order valence-electron chi connectivity index (χ3n) is 2.15. The zero-order valence-electron chi connectivity index (χ0n) is 10.4. The summed E-state index contributed by atoms with van der Waals surface area (Å²) >= 11 is 11.6. The van der Waals surface area contributed by atoms with Gasteiger partial charge >= 0.3 is 0 Å². The van der Waals surface area contributed by atoms with Gasteiger partial charge in [-0.2, -0.15) is 0 Å². The Kier molecular flexibility index (Phi) is 7.06. The summed E-state index contributed by atoms with van der Waals surface area (Å²) in [4.78, 5) is -0.0430. The van der Waals surface area contributed by atoms with Crippen LogP contribution in [0.5, 0.6) is 0 Å². The highest BCUT2D eigenvalue weighted by Crippen LogP contribution is 2.24. The van der Waals surface area contributed by atoms with Crippen molar-refractivity contribution in [3.8, 4) is 0 Å². The summed E-state index contributed by atoms with van der Waals surface area (Å²) in [6.45, 7) is 1.28. The van der Waals surface area contributed by atoms with Crippen LogP contribution >= 0.6 is 23.2 Å². The number of benzene rings is 1. The van der Waals surface area contributed by atoms with Crippen LogP contribution in [0.25, 0.3) is 0 Å². The van der Waals surface area contributed by atoms with Crippen molar-refractivity contribution in [1.29, 1.82) is 0 Å². The van der Waals surface area contributed by atoms with Gasteiger partial charge in [0, 0.05) is 18.7 Å². The number of nitrogens with one attached hydrogen (secondary N) is 1. The molecule has 8 heteroatoms. The van der Waals surface area contributed by atoms with E-state index in [0.29, 0.717) is 18.2 Å². The van der Waals surface area contributed by atoms with Gasteiger partial charge < -0.3 is 9.47 Å². The van der Waals surface area contributed by atoms with E-state index in [9.17, 15) is 8.42 Å². The summed E-state index contributed by atoms with van der Waals surface area (Å²) in [6.07, 6.45) is 0. The largest absolute Gasteiger partial charge is 0.382 e. The summed E-state index contributed by atoms with van der Waals surface area (Å²) in [7, 11) is -2.12. The van der Waals surface area contributed by atoms with Crippen molar-refractivity contribution >= 4 is 33.2 Å². The molecule has 0 fully saturated rings. The van der Waals surface area contributed by atoms with Gasteiger partial charge in [-0.05, 0) is 18.2 Å². The Bertz CT molecular complexity index is 507. The van der Waals surface area contributed by atoms with Gasteiger partial charge in [0.1, 0.15) is 4.90 Å². The van der Waals surface area contributed by atoms with Crippen molar-refractivity contribution in [3.05, 3.63) is 28.2 Å². The Morgan fingerprint density at radius 2 is 1.95 bits per heavy atom. The number of hydrogen-bond donors (Lipinski definition) is 1. The monoisotopic (exact) mass is 327 g/mol. The predicted molar refractivity (Wildman–Crippen MR) is 74.3 cm³/mol. The van der Waals surface area contributed by atoms with Crippen LogP contribution in [-0.4, -0.2) is 41.9 Å². The lowest BCUT2D eigenvalue weighted by molar-refractivity contribution is 0.0736. The van der Waals surface area contributed by atoms with Crippen molar-refractivity contribution < 1.29 is 17.9 Å². The molecule has 1 rings (SSSR count). The van der Waals surface area contributed by atoms with Crippen LogP contribution in [0.4, 0.5) is 0 Å². The molecule has 19 heavy (non-hydrogen) atoms. The van der Waals surface area contributed by atoms with E-state index in [2.05, 4.69) is 4.72 Å². The summed E-state index contributed by atoms with van der Waals surface area (Å²) in [6, 6.07) is 4.27. The lowest BCUT2D eigenvalue weighted by atomic mass is 10.4. The molecular weight excluding hydrogens is 313 g/mol. The highest BCUT2D eigenvalue weighted by molar-refractivity contribution is 7.89. The maximum absolute atomic E-state index is 12.0. The minimum atomic E-state index is -3.68. The zero-order valence-corrected chi connectivity index (χ0v) is 12.7. The molecule has 0 spiro atoms. The van der Waals surface area contributed by atoms with E-state index in [1.807, 2.05) is 0 Å². The SMILES string of the molecule is COCCOCCNS(=O)(=O)c1cc(Cl)ccc1Cl. The van der Waals surface area contributed by atoms with Crippen LogP contribution < -0.4 is 4.72 Å². The second-order valence-electron chi connectivity index (χ2n) is 3.58. The number of methoxy groups -OCH3 is 1. The Morgan fingerprint density at radius 1 is 1.21 bits per heavy atom. The van der Waals surface area contributed by atoms with Gasteiger partial charge in [-0.3, -0.25) is 0 Å².